The number of thioether (sulfide) groups is 2. The van der Waals surface area contributed by atoms with Crippen molar-refractivity contribution in [2.45, 2.75) is 90.9 Å². The first kappa shape index (κ1) is 42.3. The lowest BCUT2D eigenvalue weighted by atomic mass is 10.1. The van der Waals surface area contributed by atoms with E-state index in [0.717, 1.165) is 96.1 Å². The second-order valence-electron chi connectivity index (χ2n) is 10.5. The molecule has 0 rings (SSSR count). The van der Waals surface area contributed by atoms with E-state index in [1.54, 1.807) is 24.0 Å². The van der Waals surface area contributed by atoms with E-state index in [0.29, 0.717) is 39.1 Å². The molecule has 44 heavy (non-hydrogen) atoms. The maximum absolute atomic E-state index is 12.1. The van der Waals surface area contributed by atoms with E-state index in [1.165, 1.54) is 39.9 Å². The van der Waals surface area contributed by atoms with Crippen molar-refractivity contribution in [2.75, 3.05) is 68.0 Å². The quantitative estimate of drug-likeness (QED) is 0.0684. The van der Waals surface area contributed by atoms with Gasteiger partial charge in [0.1, 0.15) is 13.2 Å². The van der Waals surface area contributed by atoms with Crippen LogP contribution in [0.25, 0.3) is 0 Å². The van der Waals surface area contributed by atoms with Gasteiger partial charge >= 0.3 is 0 Å². The standard InChI is InChI=1S/C32H56N2O8S2/c1-27(29(17-21-39-3)43-31(37)23-41-5)33(25-35)19-15-13-11-9-7-8-10-12-14-16-20-34(26-36)28(2)30(18-22-40-4)44-32(38)24-42-6/h25-26H,7-24H2,1-6H3/b29-27-,30-28-. The maximum atomic E-state index is 12.1. The Bertz CT molecular complexity index is 812. The molecule has 0 aliphatic rings. The number of amides is 2. The Labute approximate surface area is 274 Å². The van der Waals surface area contributed by atoms with Crippen molar-refractivity contribution in [1.29, 1.82) is 0 Å². The van der Waals surface area contributed by atoms with E-state index in [2.05, 4.69) is 0 Å². The number of carbonyl (C=O) groups is 4. The summed E-state index contributed by atoms with van der Waals surface area (Å²) < 4.78 is 20.2. The molecule has 0 aromatic rings. The molecule has 12 heteroatoms. The number of hydrogen-bond acceptors (Lipinski definition) is 10. The van der Waals surface area contributed by atoms with Gasteiger partial charge in [-0.25, -0.2) is 0 Å². The largest absolute Gasteiger partial charge is 0.384 e. The third-order valence-corrected chi connectivity index (χ3v) is 9.22. The van der Waals surface area contributed by atoms with Crippen molar-refractivity contribution in [2.24, 2.45) is 0 Å². The van der Waals surface area contributed by atoms with Gasteiger partial charge in [-0.1, -0.05) is 74.9 Å². The first-order valence-corrected chi connectivity index (χ1v) is 17.1. The van der Waals surface area contributed by atoms with Crippen LogP contribution >= 0.6 is 23.5 Å². The molecule has 0 aromatic heterocycles. The third kappa shape index (κ3) is 20.4. The third-order valence-electron chi connectivity index (χ3n) is 7.04. The summed E-state index contributed by atoms with van der Waals surface area (Å²) in [5.74, 6) is 0. The van der Waals surface area contributed by atoms with Gasteiger partial charge in [0.05, 0.1) is 13.2 Å². The topological polar surface area (TPSA) is 112 Å². The van der Waals surface area contributed by atoms with E-state index < -0.39 is 0 Å². The lowest BCUT2D eigenvalue weighted by Crippen LogP contribution is -2.22. The highest BCUT2D eigenvalue weighted by atomic mass is 32.2. The summed E-state index contributed by atoms with van der Waals surface area (Å²) in [5, 5.41) is -0.178. The van der Waals surface area contributed by atoms with Crippen LogP contribution in [0.15, 0.2) is 21.2 Å². The minimum atomic E-state index is -0.0892. The SMILES string of the molecule is COCC/C(SC(=O)COC)=C(\C)N(C=O)CCCCCCCCCCCCN(C=O)/C(C)=C(/CCOC)SC(=O)COC. The minimum absolute atomic E-state index is 0.0292. The van der Waals surface area contributed by atoms with Crippen LogP contribution in [0, 0.1) is 0 Å². The molecule has 0 aromatic carbocycles. The first-order valence-electron chi connectivity index (χ1n) is 15.5. The summed E-state index contributed by atoms with van der Waals surface area (Å²) in [6, 6.07) is 0. The van der Waals surface area contributed by atoms with Gasteiger partial charge in [-0.3, -0.25) is 19.2 Å². The fraction of sp³-hybridized carbons (Fsp3) is 0.750. The molecule has 0 radical (unpaired) electrons. The number of nitrogens with zero attached hydrogens (tertiary/aromatic N) is 2. The summed E-state index contributed by atoms with van der Waals surface area (Å²) in [6.45, 7) is 6.05. The van der Waals surface area contributed by atoms with Gasteiger partial charge in [-0.05, 0) is 26.7 Å². The zero-order chi connectivity index (χ0) is 33.0. The molecule has 0 fully saturated rings. The monoisotopic (exact) mass is 660 g/mol. The van der Waals surface area contributed by atoms with Crippen LogP contribution in [0.5, 0.6) is 0 Å². The highest BCUT2D eigenvalue weighted by Crippen LogP contribution is 2.27. The maximum Gasteiger partial charge on any atom is 0.219 e. The van der Waals surface area contributed by atoms with Crippen LogP contribution in [0.3, 0.4) is 0 Å². The van der Waals surface area contributed by atoms with Crippen LogP contribution in [0.2, 0.25) is 0 Å². The first-order chi connectivity index (χ1) is 21.3. The fourth-order valence-corrected chi connectivity index (χ4v) is 6.27. The van der Waals surface area contributed by atoms with Gasteiger partial charge < -0.3 is 28.7 Å². The number of hydrogen-bond donors (Lipinski definition) is 0. The number of ether oxygens (including phenoxy) is 4. The Kier molecular flexibility index (Phi) is 27.6. The van der Waals surface area contributed by atoms with Gasteiger partial charge in [0.15, 0.2) is 0 Å². The van der Waals surface area contributed by atoms with Crippen molar-refractivity contribution in [3.63, 3.8) is 0 Å². The molecule has 254 valence electrons. The molecule has 0 N–H and O–H groups in total. The van der Waals surface area contributed by atoms with Gasteiger partial charge in [0.2, 0.25) is 23.1 Å². The highest BCUT2D eigenvalue weighted by molar-refractivity contribution is 8.17. The van der Waals surface area contributed by atoms with E-state index in [4.69, 9.17) is 18.9 Å². The molecule has 10 nitrogen and oxygen atoms in total. The lowest BCUT2D eigenvalue weighted by molar-refractivity contribution is -0.117. The number of allylic oxidation sites excluding steroid dienone is 2. The van der Waals surface area contributed by atoms with Crippen molar-refractivity contribution in [3.05, 3.63) is 21.2 Å². The molecule has 0 saturated carbocycles. The Morgan fingerprint density at radius 3 is 1.14 bits per heavy atom. The average Bonchev–Trinajstić information content (AvgIpc) is 3.01. The predicted octanol–water partition coefficient (Wildman–Crippen LogP) is 6.15. The van der Waals surface area contributed by atoms with Gasteiger partial charge in [0, 0.05) is 75.6 Å². The average molecular weight is 661 g/mol. The van der Waals surface area contributed by atoms with Gasteiger partial charge in [-0.2, -0.15) is 0 Å². The minimum Gasteiger partial charge on any atom is -0.384 e. The van der Waals surface area contributed by atoms with E-state index in [9.17, 15) is 19.2 Å². The summed E-state index contributed by atoms with van der Waals surface area (Å²) in [6.07, 6.45) is 13.7. The summed E-state index contributed by atoms with van der Waals surface area (Å²) in [5.41, 5.74) is 1.60. The Morgan fingerprint density at radius 1 is 0.545 bits per heavy atom. The second kappa shape index (κ2) is 28.8. The fourth-order valence-electron chi connectivity index (χ4n) is 4.47. The van der Waals surface area contributed by atoms with E-state index >= 15 is 0 Å². The number of unbranched alkanes of at least 4 members (excludes halogenated alkanes) is 9. The predicted molar refractivity (Wildman–Crippen MR) is 179 cm³/mol. The molecule has 2 amide bonds. The van der Waals surface area contributed by atoms with Gasteiger partial charge in [-0.15, -0.1) is 0 Å². The van der Waals surface area contributed by atoms with Crippen LogP contribution in [-0.4, -0.2) is 101 Å². The number of rotatable bonds is 29. The second-order valence-corrected chi connectivity index (χ2v) is 12.8. The Morgan fingerprint density at radius 2 is 0.864 bits per heavy atom. The molecular formula is C32H56N2O8S2. The van der Waals surface area contributed by atoms with Crippen LogP contribution in [-0.2, 0) is 38.1 Å². The van der Waals surface area contributed by atoms with Gasteiger partial charge in [0.25, 0.3) is 0 Å². The zero-order valence-corrected chi connectivity index (χ0v) is 29.5. The molecule has 0 saturated heterocycles. The number of carbonyl (C=O) groups excluding carboxylic acids is 4. The molecule has 0 unspecified atom stereocenters. The Balaban J connectivity index is 4.36. The van der Waals surface area contributed by atoms with Crippen molar-refractivity contribution in [1.82, 2.24) is 9.80 Å². The summed E-state index contributed by atoms with van der Waals surface area (Å²) >= 11 is 2.25. The molecular weight excluding hydrogens is 604 g/mol. The van der Waals surface area contributed by atoms with E-state index in [1.807, 2.05) is 13.8 Å². The molecule has 0 spiro atoms. The number of methoxy groups -OCH3 is 4. The molecule has 0 aliphatic heterocycles. The smallest absolute Gasteiger partial charge is 0.219 e. The molecule has 0 heterocycles. The molecule has 0 atom stereocenters. The summed E-state index contributed by atoms with van der Waals surface area (Å²) in [7, 11) is 6.22. The van der Waals surface area contributed by atoms with E-state index in [-0.39, 0.29) is 23.4 Å². The summed E-state index contributed by atoms with van der Waals surface area (Å²) in [4.78, 5) is 52.7. The molecule has 0 bridgehead atoms. The zero-order valence-electron chi connectivity index (χ0n) is 27.9. The lowest BCUT2D eigenvalue weighted by Gasteiger charge is -2.21. The van der Waals surface area contributed by atoms with Crippen LogP contribution in [0.1, 0.15) is 90.9 Å². The van der Waals surface area contributed by atoms with Crippen LogP contribution in [0.4, 0.5) is 0 Å². The molecule has 0 aliphatic carbocycles. The van der Waals surface area contributed by atoms with Crippen LogP contribution < -0.4 is 0 Å². The van der Waals surface area contributed by atoms with Crippen molar-refractivity contribution in [3.8, 4) is 0 Å². The Hall–Kier alpha value is -1.70. The van der Waals surface area contributed by atoms with Crippen molar-refractivity contribution >= 4 is 46.6 Å². The highest BCUT2D eigenvalue weighted by Gasteiger charge is 2.16. The van der Waals surface area contributed by atoms with Crippen molar-refractivity contribution < 1.29 is 38.1 Å². The normalized spacial score (nSPS) is 12.4.